The van der Waals surface area contributed by atoms with E-state index in [1.807, 2.05) is 0 Å². The Balaban J connectivity index is 2.98. The van der Waals surface area contributed by atoms with Crippen molar-refractivity contribution in [1.29, 1.82) is 0 Å². The third kappa shape index (κ3) is 3.65. The molecule has 0 spiro atoms. The van der Waals surface area contributed by atoms with Gasteiger partial charge in [-0.2, -0.15) is 0 Å². The van der Waals surface area contributed by atoms with Gasteiger partial charge in [-0.25, -0.2) is 4.79 Å². The molecule has 0 atom stereocenters. The number of hydrogen-bond acceptors (Lipinski definition) is 3. The summed E-state index contributed by atoms with van der Waals surface area (Å²) in [7, 11) is 1.28. The normalized spacial score (nSPS) is 9.06. The highest BCUT2D eigenvalue weighted by Crippen LogP contribution is 2.10. The van der Waals surface area contributed by atoms with Crippen LogP contribution in [0.25, 0.3) is 0 Å². The van der Waals surface area contributed by atoms with Crippen LogP contribution in [0.5, 0.6) is 0 Å². The molecule has 0 aliphatic carbocycles. The molecule has 0 unspecified atom stereocenters. The zero-order chi connectivity index (χ0) is 12.8. The van der Waals surface area contributed by atoms with E-state index in [0.717, 1.165) is 5.56 Å². The van der Waals surface area contributed by atoms with Gasteiger partial charge in [0.1, 0.15) is 6.42 Å². The highest BCUT2D eigenvalue weighted by molar-refractivity contribution is 5.91. The van der Waals surface area contributed by atoms with Crippen molar-refractivity contribution in [2.24, 2.45) is 0 Å². The SMILES string of the molecule is COC(=O)CC#Cc1ccc(C)cc1C(=O)O. The Morgan fingerprint density at radius 3 is 2.71 bits per heavy atom. The van der Waals surface area contributed by atoms with Crippen molar-refractivity contribution in [3.8, 4) is 11.8 Å². The second-order valence-electron chi connectivity index (χ2n) is 3.41. The van der Waals surface area contributed by atoms with E-state index in [2.05, 4.69) is 16.6 Å². The van der Waals surface area contributed by atoms with Crippen LogP contribution in [0.3, 0.4) is 0 Å². The van der Waals surface area contributed by atoms with Crippen molar-refractivity contribution in [2.75, 3.05) is 7.11 Å². The maximum atomic E-state index is 11.0. The van der Waals surface area contributed by atoms with Crippen LogP contribution in [-0.4, -0.2) is 24.2 Å². The summed E-state index contributed by atoms with van der Waals surface area (Å²) in [5.41, 5.74) is 1.38. The Kier molecular flexibility index (Phi) is 4.29. The summed E-state index contributed by atoms with van der Waals surface area (Å²) in [6, 6.07) is 4.95. The van der Waals surface area contributed by atoms with Gasteiger partial charge in [-0.1, -0.05) is 23.5 Å². The lowest BCUT2D eigenvalue weighted by molar-refractivity contribution is -0.139. The first-order valence-electron chi connectivity index (χ1n) is 4.94. The summed E-state index contributed by atoms with van der Waals surface area (Å²) in [4.78, 5) is 21.8. The molecule has 1 aromatic carbocycles. The van der Waals surface area contributed by atoms with Gasteiger partial charge in [0.15, 0.2) is 0 Å². The number of hydrogen-bond donors (Lipinski definition) is 1. The Labute approximate surface area is 99.2 Å². The van der Waals surface area contributed by atoms with E-state index in [0.29, 0.717) is 5.56 Å². The molecular weight excluding hydrogens is 220 g/mol. The quantitative estimate of drug-likeness (QED) is 0.621. The Bertz CT molecular complexity index is 506. The van der Waals surface area contributed by atoms with Crippen LogP contribution in [0, 0.1) is 18.8 Å². The van der Waals surface area contributed by atoms with Gasteiger partial charge in [-0.05, 0) is 19.1 Å². The zero-order valence-electron chi connectivity index (χ0n) is 9.61. The van der Waals surface area contributed by atoms with Gasteiger partial charge >= 0.3 is 11.9 Å². The van der Waals surface area contributed by atoms with E-state index >= 15 is 0 Å². The molecule has 88 valence electrons. The van der Waals surface area contributed by atoms with Crippen LogP contribution in [0.1, 0.15) is 27.9 Å². The van der Waals surface area contributed by atoms with Crippen molar-refractivity contribution < 1.29 is 19.4 Å². The highest BCUT2D eigenvalue weighted by atomic mass is 16.5. The number of rotatable bonds is 2. The summed E-state index contributed by atoms with van der Waals surface area (Å²) in [5, 5.41) is 8.99. The first-order valence-corrected chi connectivity index (χ1v) is 4.94. The van der Waals surface area contributed by atoms with Crippen LogP contribution in [0.15, 0.2) is 18.2 Å². The number of aryl methyl sites for hydroxylation is 1. The number of ether oxygens (including phenoxy) is 1. The zero-order valence-corrected chi connectivity index (χ0v) is 9.61. The number of aromatic carboxylic acids is 1. The highest BCUT2D eigenvalue weighted by Gasteiger charge is 2.08. The van der Waals surface area contributed by atoms with Gasteiger partial charge in [0, 0.05) is 5.56 Å². The molecule has 0 aliphatic heterocycles. The van der Waals surface area contributed by atoms with E-state index in [4.69, 9.17) is 5.11 Å². The number of carbonyl (C=O) groups excluding carboxylic acids is 1. The van der Waals surface area contributed by atoms with E-state index in [1.165, 1.54) is 7.11 Å². The minimum absolute atomic E-state index is 0.0521. The third-order valence-electron chi connectivity index (χ3n) is 2.09. The van der Waals surface area contributed by atoms with Gasteiger partial charge in [0.05, 0.1) is 12.7 Å². The maximum Gasteiger partial charge on any atom is 0.336 e. The molecule has 0 heterocycles. The van der Waals surface area contributed by atoms with E-state index < -0.39 is 11.9 Å². The molecule has 0 bridgehead atoms. The number of methoxy groups -OCH3 is 1. The lowest BCUT2D eigenvalue weighted by Crippen LogP contribution is -2.01. The van der Waals surface area contributed by atoms with Crippen LogP contribution in [-0.2, 0) is 9.53 Å². The van der Waals surface area contributed by atoms with Crippen LogP contribution >= 0.6 is 0 Å². The second-order valence-corrected chi connectivity index (χ2v) is 3.41. The Hall–Kier alpha value is -2.28. The van der Waals surface area contributed by atoms with Crippen LogP contribution < -0.4 is 0 Å². The topological polar surface area (TPSA) is 63.6 Å². The number of carboxylic acids is 1. The molecule has 0 saturated heterocycles. The van der Waals surface area contributed by atoms with E-state index in [-0.39, 0.29) is 12.0 Å². The maximum absolute atomic E-state index is 11.0. The first kappa shape index (κ1) is 12.8. The molecule has 0 amide bonds. The number of benzene rings is 1. The van der Waals surface area contributed by atoms with Gasteiger partial charge in [0.25, 0.3) is 0 Å². The molecule has 4 heteroatoms. The fraction of sp³-hybridized carbons (Fsp3) is 0.231. The predicted octanol–water partition coefficient (Wildman–Crippen LogP) is 1.61. The van der Waals surface area contributed by atoms with Gasteiger partial charge in [0.2, 0.25) is 0 Å². The van der Waals surface area contributed by atoms with Gasteiger partial charge < -0.3 is 9.84 Å². The van der Waals surface area contributed by atoms with Crippen molar-refractivity contribution in [2.45, 2.75) is 13.3 Å². The van der Waals surface area contributed by atoms with Crippen molar-refractivity contribution in [3.63, 3.8) is 0 Å². The van der Waals surface area contributed by atoms with E-state index in [1.54, 1.807) is 25.1 Å². The summed E-state index contributed by atoms with van der Waals surface area (Å²) < 4.78 is 4.43. The molecule has 17 heavy (non-hydrogen) atoms. The molecule has 1 N–H and O–H groups in total. The van der Waals surface area contributed by atoms with Crippen LogP contribution in [0.4, 0.5) is 0 Å². The molecular formula is C13H12O4. The molecule has 0 saturated carbocycles. The lowest BCUT2D eigenvalue weighted by Gasteiger charge is -2.00. The third-order valence-corrected chi connectivity index (χ3v) is 2.09. The lowest BCUT2D eigenvalue weighted by atomic mass is 10.0. The fourth-order valence-corrected chi connectivity index (χ4v) is 1.23. The van der Waals surface area contributed by atoms with Crippen LogP contribution in [0.2, 0.25) is 0 Å². The first-order chi connectivity index (χ1) is 8.04. The Morgan fingerprint density at radius 1 is 1.41 bits per heavy atom. The summed E-state index contributed by atoms with van der Waals surface area (Å²) in [6.45, 7) is 1.80. The number of carbonyl (C=O) groups is 2. The second kappa shape index (κ2) is 5.71. The molecule has 1 rings (SSSR count). The minimum Gasteiger partial charge on any atom is -0.478 e. The largest absolute Gasteiger partial charge is 0.478 e. The smallest absolute Gasteiger partial charge is 0.336 e. The summed E-state index contributed by atoms with van der Waals surface area (Å²) in [5.74, 6) is 3.76. The van der Waals surface area contributed by atoms with Gasteiger partial charge in [-0.15, -0.1) is 0 Å². The summed E-state index contributed by atoms with van der Waals surface area (Å²) in [6.07, 6.45) is -0.0521. The average molecular weight is 232 g/mol. The van der Waals surface area contributed by atoms with Gasteiger partial charge in [-0.3, -0.25) is 4.79 Å². The standard InChI is InChI=1S/C13H12O4/c1-9-6-7-10(11(8-9)13(15)16)4-3-5-12(14)17-2/h6-8H,5H2,1-2H3,(H,15,16). The van der Waals surface area contributed by atoms with Crippen molar-refractivity contribution in [1.82, 2.24) is 0 Å². The molecule has 0 aliphatic rings. The number of esters is 1. The predicted molar refractivity (Wildman–Crippen MR) is 61.6 cm³/mol. The van der Waals surface area contributed by atoms with E-state index in [9.17, 15) is 9.59 Å². The molecule has 1 aromatic rings. The molecule has 0 aromatic heterocycles. The van der Waals surface area contributed by atoms with Crippen molar-refractivity contribution in [3.05, 3.63) is 34.9 Å². The number of carboxylic acid groups (broad SMARTS) is 1. The average Bonchev–Trinajstić information content (AvgIpc) is 2.30. The molecule has 0 fully saturated rings. The fourth-order valence-electron chi connectivity index (χ4n) is 1.23. The summed E-state index contributed by atoms with van der Waals surface area (Å²) >= 11 is 0. The molecule has 0 radical (unpaired) electrons. The van der Waals surface area contributed by atoms with Crippen molar-refractivity contribution >= 4 is 11.9 Å². The Morgan fingerprint density at radius 2 is 2.12 bits per heavy atom. The minimum atomic E-state index is -1.03. The monoisotopic (exact) mass is 232 g/mol. The molecule has 4 nitrogen and oxygen atoms in total.